The van der Waals surface area contributed by atoms with Crippen molar-refractivity contribution in [2.45, 2.75) is 19.4 Å². The van der Waals surface area contributed by atoms with Crippen LogP contribution in [-0.4, -0.2) is 26.3 Å². The normalized spacial score (nSPS) is 12.5. The highest BCUT2D eigenvalue weighted by atomic mass is 16.5. The Morgan fingerprint density at radius 1 is 1.70 bits per heavy atom. The van der Waals surface area contributed by atoms with Crippen LogP contribution in [0, 0.1) is 12.3 Å². The molecule has 0 aliphatic rings. The molecule has 0 amide bonds. The summed E-state index contributed by atoms with van der Waals surface area (Å²) in [7, 11) is 1.69. The van der Waals surface area contributed by atoms with Crippen molar-refractivity contribution in [3.8, 4) is 12.3 Å². The Morgan fingerprint density at radius 3 is 2.80 bits per heavy atom. The number of hydrogen-bond donors (Lipinski definition) is 1. The molecule has 2 nitrogen and oxygen atoms in total. The zero-order chi connectivity index (χ0) is 7.82. The zero-order valence-corrected chi connectivity index (χ0v) is 6.68. The van der Waals surface area contributed by atoms with E-state index in [4.69, 9.17) is 11.2 Å². The van der Waals surface area contributed by atoms with Gasteiger partial charge in [-0.3, -0.25) is 0 Å². The van der Waals surface area contributed by atoms with Gasteiger partial charge in [-0.1, -0.05) is 12.8 Å². The highest BCUT2D eigenvalue weighted by Crippen LogP contribution is 1.89. The molecule has 1 unspecified atom stereocenters. The summed E-state index contributed by atoms with van der Waals surface area (Å²) in [6, 6.07) is 0.404. The Bertz CT molecular complexity index is 106. The molecule has 0 aromatic rings. The number of rotatable bonds is 5. The fourth-order valence-electron chi connectivity index (χ4n) is 0.726. The van der Waals surface area contributed by atoms with Crippen LogP contribution in [0.15, 0.2) is 0 Å². The van der Waals surface area contributed by atoms with Crippen LogP contribution in [0.3, 0.4) is 0 Å². The summed E-state index contributed by atoms with van der Waals surface area (Å²) in [6.07, 6.45) is 6.13. The van der Waals surface area contributed by atoms with Crippen LogP contribution < -0.4 is 5.32 Å². The van der Waals surface area contributed by atoms with Gasteiger partial charge in [0.15, 0.2) is 0 Å². The van der Waals surface area contributed by atoms with Crippen LogP contribution in [0.5, 0.6) is 0 Å². The summed E-state index contributed by atoms with van der Waals surface area (Å²) in [5.41, 5.74) is 0. The van der Waals surface area contributed by atoms with Crippen molar-refractivity contribution in [1.82, 2.24) is 5.32 Å². The smallest absolute Gasteiger partial charge is 0.0616 e. The van der Waals surface area contributed by atoms with Crippen molar-refractivity contribution < 1.29 is 4.74 Å². The Morgan fingerprint density at radius 2 is 2.40 bits per heavy atom. The van der Waals surface area contributed by atoms with Crippen molar-refractivity contribution in [3.05, 3.63) is 0 Å². The number of nitrogens with one attached hydrogen (secondary N) is 1. The van der Waals surface area contributed by atoms with Crippen molar-refractivity contribution in [2.24, 2.45) is 0 Å². The van der Waals surface area contributed by atoms with Gasteiger partial charge in [-0.15, -0.1) is 6.42 Å². The van der Waals surface area contributed by atoms with Crippen LogP contribution in [0.25, 0.3) is 0 Å². The first-order valence-corrected chi connectivity index (χ1v) is 3.50. The summed E-state index contributed by atoms with van der Waals surface area (Å²) < 4.78 is 4.96. The van der Waals surface area contributed by atoms with E-state index in [2.05, 4.69) is 18.2 Å². The second-order valence-electron chi connectivity index (χ2n) is 2.15. The standard InChI is InChI=1S/C8H15NO/c1-4-6-9-8(5-2)7-10-3/h1,8-9H,5-7H2,2-3H3. The maximum Gasteiger partial charge on any atom is 0.0616 e. The highest BCUT2D eigenvalue weighted by Gasteiger charge is 2.01. The second kappa shape index (κ2) is 6.60. The Kier molecular flexibility index (Phi) is 6.25. The minimum atomic E-state index is 0.404. The van der Waals surface area contributed by atoms with Crippen molar-refractivity contribution in [1.29, 1.82) is 0 Å². The fourth-order valence-corrected chi connectivity index (χ4v) is 0.726. The lowest BCUT2D eigenvalue weighted by atomic mass is 10.2. The lowest BCUT2D eigenvalue weighted by Crippen LogP contribution is -2.32. The van der Waals surface area contributed by atoms with Gasteiger partial charge >= 0.3 is 0 Å². The Labute approximate surface area is 63.0 Å². The predicted molar refractivity (Wildman–Crippen MR) is 42.8 cm³/mol. The fraction of sp³-hybridized carbons (Fsp3) is 0.750. The molecule has 2 heteroatoms. The van der Waals surface area contributed by atoms with E-state index in [0.717, 1.165) is 13.0 Å². The van der Waals surface area contributed by atoms with Gasteiger partial charge in [-0.25, -0.2) is 0 Å². The molecule has 0 rings (SSSR count). The average molecular weight is 141 g/mol. The molecule has 0 aromatic carbocycles. The molecular formula is C8H15NO. The molecule has 0 aliphatic carbocycles. The van der Waals surface area contributed by atoms with E-state index >= 15 is 0 Å². The number of methoxy groups -OCH3 is 1. The monoisotopic (exact) mass is 141 g/mol. The number of ether oxygens (including phenoxy) is 1. The third-order valence-electron chi connectivity index (χ3n) is 1.35. The molecule has 0 heterocycles. The molecule has 0 fully saturated rings. The SMILES string of the molecule is C#CCNC(CC)COC. The summed E-state index contributed by atoms with van der Waals surface area (Å²) in [5.74, 6) is 2.52. The third-order valence-corrected chi connectivity index (χ3v) is 1.35. The highest BCUT2D eigenvalue weighted by molar-refractivity contribution is 4.87. The first kappa shape index (κ1) is 9.48. The predicted octanol–water partition coefficient (Wildman–Crippen LogP) is 0.634. The molecule has 0 spiro atoms. The van der Waals surface area contributed by atoms with Crippen molar-refractivity contribution in [3.63, 3.8) is 0 Å². The van der Waals surface area contributed by atoms with Gasteiger partial charge in [0.2, 0.25) is 0 Å². The molecular weight excluding hydrogens is 126 g/mol. The molecule has 0 aliphatic heterocycles. The van der Waals surface area contributed by atoms with Gasteiger partial charge < -0.3 is 10.1 Å². The minimum Gasteiger partial charge on any atom is -0.383 e. The summed E-state index contributed by atoms with van der Waals surface area (Å²) in [5, 5.41) is 3.16. The number of hydrogen-bond acceptors (Lipinski definition) is 2. The maximum absolute atomic E-state index is 5.07. The van der Waals surface area contributed by atoms with E-state index in [1.807, 2.05) is 0 Å². The summed E-state index contributed by atoms with van der Waals surface area (Å²) in [6.45, 7) is 3.47. The third kappa shape index (κ3) is 4.37. The molecule has 10 heavy (non-hydrogen) atoms. The van der Waals surface area contributed by atoms with Gasteiger partial charge in [0.1, 0.15) is 0 Å². The summed E-state index contributed by atoms with van der Waals surface area (Å²) in [4.78, 5) is 0. The van der Waals surface area contributed by atoms with Crippen LogP contribution in [0.2, 0.25) is 0 Å². The van der Waals surface area contributed by atoms with E-state index in [1.165, 1.54) is 0 Å². The van der Waals surface area contributed by atoms with E-state index in [0.29, 0.717) is 12.6 Å². The van der Waals surface area contributed by atoms with Crippen LogP contribution in [0.4, 0.5) is 0 Å². The minimum absolute atomic E-state index is 0.404. The van der Waals surface area contributed by atoms with Crippen molar-refractivity contribution >= 4 is 0 Å². The molecule has 0 aromatic heterocycles. The van der Waals surface area contributed by atoms with Crippen LogP contribution >= 0.6 is 0 Å². The first-order chi connectivity index (χ1) is 4.85. The molecule has 58 valence electrons. The Hall–Kier alpha value is -0.520. The van der Waals surface area contributed by atoms with Gasteiger partial charge in [0.25, 0.3) is 0 Å². The van der Waals surface area contributed by atoms with Crippen LogP contribution in [-0.2, 0) is 4.74 Å². The van der Waals surface area contributed by atoms with Gasteiger partial charge in [-0.05, 0) is 6.42 Å². The largest absolute Gasteiger partial charge is 0.383 e. The lowest BCUT2D eigenvalue weighted by Gasteiger charge is -2.12. The van der Waals surface area contributed by atoms with E-state index in [1.54, 1.807) is 7.11 Å². The molecule has 0 radical (unpaired) electrons. The topological polar surface area (TPSA) is 21.3 Å². The molecule has 0 saturated heterocycles. The van der Waals surface area contributed by atoms with E-state index in [9.17, 15) is 0 Å². The molecule has 0 bridgehead atoms. The molecule has 0 saturated carbocycles. The van der Waals surface area contributed by atoms with E-state index < -0.39 is 0 Å². The van der Waals surface area contributed by atoms with Gasteiger partial charge in [-0.2, -0.15) is 0 Å². The molecule has 1 atom stereocenters. The number of terminal acetylenes is 1. The quantitative estimate of drug-likeness (QED) is 0.567. The van der Waals surface area contributed by atoms with Crippen molar-refractivity contribution in [2.75, 3.05) is 20.3 Å². The Balaban J connectivity index is 3.32. The van der Waals surface area contributed by atoms with Gasteiger partial charge in [0, 0.05) is 13.2 Å². The zero-order valence-electron chi connectivity index (χ0n) is 6.68. The summed E-state index contributed by atoms with van der Waals surface area (Å²) >= 11 is 0. The molecule has 1 N–H and O–H groups in total. The van der Waals surface area contributed by atoms with E-state index in [-0.39, 0.29) is 0 Å². The van der Waals surface area contributed by atoms with Crippen LogP contribution in [0.1, 0.15) is 13.3 Å². The first-order valence-electron chi connectivity index (χ1n) is 3.50. The second-order valence-corrected chi connectivity index (χ2v) is 2.15. The van der Waals surface area contributed by atoms with Gasteiger partial charge in [0.05, 0.1) is 13.2 Å². The maximum atomic E-state index is 5.07. The lowest BCUT2D eigenvalue weighted by molar-refractivity contribution is 0.166. The average Bonchev–Trinajstić information content (AvgIpc) is 1.98.